The van der Waals surface area contributed by atoms with Crippen LogP contribution in [0.2, 0.25) is 0 Å². The predicted octanol–water partition coefficient (Wildman–Crippen LogP) is 6.38. The van der Waals surface area contributed by atoms with E-state index in [0.717, 1.165) is 34.9 Å². The zero-order valence-electron chi connectivity index (χ0n) is 16.3. The Morgan fingerprint density at radius 1 is 0.923 bits per heavy atom. The van der Waals surface area contributed by atoms with Gasteiger partial charge in [-0.25, -0.2) is 0 Å². The first-order valence-electron chi connectivity index (χ1n) is 8.79. The molecule has 2 heteroatoms. The summed E-state index contributed by atoms with van der Waals surface area (Å²) in [7, 11) is 2.04. The average Bonchev–Trinajstić information content (AvgIpc) is 2.65. The molecule has 1 rings (SSSR count). The number of allylic oxidation sites excluding steroid dienone is 11. The fraction of sp³-hybridized carbons (Fsp3) is 0.167. The second-order valence-corrected chi connectivity index (χ2v) is 5.57. The summed E-state index contributed by atoms with van der Waals surface area (Å²) in [6.45, 7) is 20.0. The Kier molecular flexibility index (Phi) is 8.72. The Labute approximate surface area is 159 Å². The SMILES string of the molecule is C=C/C=C\C1=C(C=C)N(/C(C=C)=C/C=C\CC)C(C=C)=C(/C=C\C)N1C. The van der Waals surface area contributed by atoms with Gasteiger partial charge in [-0.15, -0.1) is 0 Å². The molecule has 0 atom stereocenters. The van der Waals surface area contributed by atoms with E-state index in [1.165, 1.54) is 0 Å². The van der Waals surface area contributed by atoms with Crippen molar-refractivity contribution >= 4 is 0 Å². The number of hydrogen-bond acceptors (Lipinski definition) is 2. The van der Waals surface area contributed by atoms with Gasteiger partial charge < -0.3 is 9.80 Å². The molecule has 0 aliphatic carbocycles. The molecule has 0 amide bonds. The Bertz CT molecular complexity index is 736. The summed E-state index contributed by atoms with van der Waals surface area (Å²) in [4.78, 5) is 4.26. The van der Waals surface area contributed by atoms with Crippen LogP contribution >= 0.6 is 0 Å². The molecular formula is C24H30N2. The van der Waals surface area contributed by atoms with Crippen molar-refractivity contribution in [3.05, 3.63) is 122 Å². The average molecular weight is 347 g/mol. The minimum absolute atomic E-state index is 0.958. The lowest BCUT2D eigenvalue weighted by Crippen LogP contribution is -2.33. The molecule has 26 heavy (non-hydrogen) atoms. The van der Waals surface area contributed by atoms with Crippen LogP contribution in [0.25, 0.3) is 0 Å². The molecule has 1 aliphatic rings. The molecule has 0 N–H and O–H groups in total. The lowest BCUT2D eigenvalue weighted by atomic mass is 10.1. The largest absolute Gasteiger partial charge is 0.341 e. The highest BCUT2D eigenvalue weighted by Gasteiger charge is 2.27. The molecule has 0 bridgehead atoms. The maximum Gasteiger partial charge on any atom is 0.0693 e. The van der Waals surface area contributed by atoms with Crippen LogP contribution in [0.4, 0.5) is 0 Å². The summed E-state index contributed by atoms with van der Waals surface area (Å²) in [5.74, 6) is 0. The van der Waals surface area contributed by atoms with Gasteiger partial charge in [0, 0.05) is 12.7 Å². The first-order valence-corrected chi connectivity index (χ1v) is 8.79. The van der Waals surface area contributed by atoms with Crippen molar-refractivity contribution in [3.8, 4) is 0 Å². The Hall–Kier alpha value is -3.00. The highest BCUT2D eigenvalue weighted by Crippen LogP contribution is 2.35. The molecule has 0 aromatic rings. The molecule has 0 fully saturated rings. The molecule has 0 radical (unpaired) electrons. The summed E-state index contributed by atoms with van der Waals surface area (Å²) >= 11 is 0. The molecule has 1 aliphatic heterocycles. The molecule has 2 nitrogen and oxygen atoms in total. The van der Waals surface area contributed by atoms with E-state index >= 15 is 0 Å². The molecule has 0 aromatic heterocycles. The zero-order valence-corrected chi connectivity index (χ0v) is 16.3. The number of nitrogens with zero attached hydrogens (tertiary/aromatic N) is 2. The van der Waals surface area contributed by atoms with Crippen molar-refractivity contribution in [1.29, 1.82) is 0 Å². The lowest BCUT2D eigenvalue weighted by Gasteiger charge is -2.39. The van der Waals surface area contributed by atoms with Gasteiger partial charge in [0.25, 0.3) is 0 Å². The van der Waals surface area contributed by atoms with Crippen LogP contribution in [0.5, 0.6) is 0 Å². The predicted molar refractivity (Wildman–Crippen MR) is 116 cm³/mol. The molecule has 136 valence electrons. The van der Waals surface area contributed by atoms with E-state index in [1.807, 2.05) is 56.5 Å². The Morgan fingerprint density at radius 2 is 1.54 bits per heavy atom. The summed E-state index contributed by atoms with van der Waals surface area (Å²) in [5, 5.41) is 0. The van der Waals surface area contributed by atoms with Crippen molar-refractivity contribution in [2.75, 3.05) is 7.05 Å². The monoisotopic (exact) mass is 346 g/mol. The van der Waals surface area contributed by atoms with Crippen LogP contribution < -0.4 is 0 Å². The van der Waals surface area contributed by atoms with Crippen molar-refractivity contribution in [1.82, 2.24) is 9.80 Å². The van der Waals surface area contributed by atoms with E-state index in [1.54, 1.807) is 6.08 Å². The fourth-order valence-corrected chi connectivity index (χ4v) is 2.75. The van der Waals surface area contributed by atoms with Gasteiger partial charge >= 0.3 is 0 Å². The molecule has 1 heterocycles. The second kappa shape index (κ2) is 10.8. The topological polar surface area (TPSA) is 6.48 Å². The van der Waals surface area contributed by atoms with Crippen molar-refractivity contribution in [3.63, 3.8) is 0 Å². The van der Waals surface area contributed by atoms with Gasteiger partial charge in [-0.2, -0.15) is 0 Å². The number of likely N-dealkylation sites (N-methyl/N-ethyl adjacent to an activating group) is 1. The van der Waals surface area contributed by atoms with Gasteiger partial charge in [-0.1, -0.05) is 63.6 Å². The van der Waals surface area contributed by atoms with Crippen molar-refractivity contribution in [2.24, 2.45) is 0 Å². The highest BCUT2D eigenvalue weighted by atomic mass is 15.3. The van der Waals surface area contributed by atoms with E-state index in [2.05, 4.69) is 61.3 Å². The first kappa shape index (κ1) is 21.0. The lowest BCUT2D eigenvalue weighted by molar-refractivity contribution is 0.439. The zero-order chi connectivity index (χ0) is 19.5. The molecule has 0 aromatic carbocycles. The molecule has 0 unspecified atom stereocenters. The Balaban J connectivity index is 3.79. The minimum Gasteiger partial charge on any atom is -0.341 e. The summed E-state index contributed by atoms with van der Waals surface area (Å²) < 4.78 is 0. The first-order chi connectivity index (χ1) is 12.6. The van der Waals surface area contributed by atoms with Gasteiger partial charge in [0.05, 0.1) is 22.8 Å². The van der Waals surface area contributed by atoms with Crippen LogP contribution in [0.15, 0.2) is 122 Å². The summed E-state index contributed by atoms with van der Waals surface area (Å²) in [6, 6.07) is 0. The van der Waals surface area contributed by atoms with E-state index < -0.39 is 0 Å². The van der Waals surface area contributed by atoms with Gasteiger partial charge in [-0.05, 0) is 49.8 Å². The summed E-state index contributed by atoms with van der Waals surface area (Å²) in [6.07, 6.45) is 22.6. The van der Waals surface area contributed by atoms with E-state index in [0.29, 0.717) is 0 Å². The molecule has 0 saturated heterocycles. The molecule has 0 spiro atoms. The van der Waals surface area contributed by atoms with Crippen LogP contribution in [0.3, 0.4) is 0 Å². The normalized spacial score (nSPS) is 16.3. The third kappa shape index (κ3) is 4.54. The standard InChI is InChI=1S/C24H30N2/c1-8-14-16-18-20(11-4)26-21(12-5)23(17-10-3)25(7)24(19-15-9-2)22(26)13-6/h9-19H,2,4-6,8H2,1,3,7H3/b16-14-,17-10-,19-15-,20-18+. The van der Waals surface area contributed by atoms with Gasteiger partial charge in [-0.3, -0.25) is 0 Å². The second-order valence-electron chi connectivity index (χ2n) is 5.57. The van der Waals surface area contributed by atoms with Gasteiger partial charge in [0.15, 0.2) is 0 Å². The van der Waals surface area contributed by atoms with E-state index in [-0.39, 0.29) is 0 Å². The highest BCUT2D eigenvalue weighted by molar-refractivity contribution is 5.51. The van der Waals surface area contributed by atoms with Gasteiger partial charge in [0.2, 0.25) is 0 Å². The van der Waals surface area contributed by atoms with Crippen LogP contribution in [0.1, 0.15) is 20.3 Å². The van der Waals surface area contributed by atoms with Crippen LogP contribution in [-0.4, -0.2) is 16.8 Å². The number of rotatable bonds is 9. The third-order valence-electron chi connectivity index (χ3n) is 3.94. The van der Waals surface area contributed by atoms with Gasteiger partial charge in [0.1, 0.15) is 0 Å². The third-order valence-corrected chi connectivity index (χ3v) is 3.94. The number of hydrogen-bond donors (Lipinski definition) is 0. The minimum atomic E-state index is 0.958. The van der Waals surface area contributed by atoms with E-state index in [9.17, 15) is 0 Å². The quantitative estimate of drug-likeness (QED) is 0.447. The smallest absolute Gasteiger partial charge is 0.0693 e. The maximum absolute atomic E-state index is 4.04. The van der Waals surface area contributed by atoms with Crippen molar-refractivity contribution in [2.45, 2.75) is 20.3 Å². The van der Waals surface area contributed by atoms with E-state index in [4.69, 9.17) is 0 Å². The fourth-order valence-electron chi connectivity index (χ4n) is 2.75. The maximum atomic E-state index is 4.04. The summed E-state index contributed by atoms with van der Waals surface area (Å²) in [5.41, 5.74) is 4.96. The van der Waals surface area contributed by atoms with Crippen LogP contribution in [-0.2, 0) is 0 Å². The Morgan fingerprint density at radius 3 is 2.00 bits per heavy atom. The molecule has 0 saturated carbocycles. The van der Waals surface area contributed by atoms with Crippen molar-refractivity contribution < 1.29 is 0 Å². The van der Waals surface area contributed by atoms with Crippen LogP contribution in [0, 0.1) is 0 Å². The molecular weight excluding hydrogens is 316 g/mol.